The zero-order valence-corrected chi connectivity index (χ0v) is 14.7. The molecule has 0 spiro atoms. The predicted molar refractivity (Wildman–Crippen MR) is 90.5 cm³/mol. The molecule has 140 valence electrons. The molecule has 0 unspecified atom stereocenters. The fraction of sp³-hybridized carbons (Fsp3) is 0.471. The molecule has 1 aliphatic carbocycles. The van der Waals surface area contributed by atoms with Gasteiger partial charge in [0.05, 0.1) is 6.26 Å². The van der Waals surface area contributed by atoms with E-state index in [2.05, 4.69) is 15.3 Å². The predicted octanol–water partition coefficient (Wildman–Crippen LogP) is 4.30. The molecule has 9 heteroatoms. The standard InChI is InChI=1S/C17H18F3N3O2S/c18-17(19,20)14-10-12(13-6-3-8-25-13)22-16(23-14)26-9-7-15(24)21-11-4-1-2-5-11/h3,6,8,10-11H,1-2,4-5,7,9H2,(H,21,24). The molecule has 0 bridgehead atoms. The Hall–Kier alpha value is -2.03. The zero-order valence-electron chi connectivity index (χ0n) is 13.9. The van der Waals surface area contributed by atoms with Crippen molar-refractivity contribution < 1.29 is 22.4 Å². The van der Waals surface area contributed by atoms with Crippen LogP contribution in [-0.4, -0.2) is 27.7 Å². The maximum Gasteiger partial charge on any atom is 0.433 e. The number of nitrogens with zero attached hydrogens (tertiary/aromatic N) is 2. The van der Waals surface area contributed by atoms with E-state index in [9.17, 15) is 18.0 Å². The number of alkyl halides is 3. The number of carbonyl (C=O) groups excluding carboxylic acids is 1. The van der Waals surface area contributed by atoms with Gasteiger partial charge in [-0.1, -0.05) is 24.6 Å². The van der Waals surface area contributed by atoms with Gasteiger partial charge >= 0.3 is 6.18 Å². The maximum absolute atomic E-state index is 13.1. The van der Waals surface area contributed by atoms with Crippen LogP contribution in [0.2, 0.25) is 0 Å². The molecule has 2 aromatic rings. The molecule has 3 rings (SSSR count). The van der Waals surface area contributed by atoms with Crippen LogP contribution in [0.5, 0.6) is 0 Å². The molecule has 1 aliphatic rings. The minimum absolute atomic E-state index is 0.0279. The third kappa shape index (κ3) is 5.00. The number of nitrogens with one attached hydrogen (secondary N) is 1. The lowest BCUT2D eigenvalue weighted by Gasteiger charge is -2.12. The van der Waals surface area contributed by atoms with Crippen molar-refractivity contribution in [2.24, 2.45) is 0 Å². The van der Waals surface area contributed by atoms with Crippen molar-refractivity contribution >= 4 is 17.7 Å². The van der Waals surface area contributed by atoms with E-state index in [1.807, 2.05) is 0 Å². The van der Waals surface area contributed by atoms with E-state index >= 15 is 0 Å². The number of amides is 1. The van der Waals surface area contributed by atoms with E-state index in [0.717, 1.165) is 43.5 Å². The number of rotatable bonds is 6. The van der Waals surface area contributed by atoms with Crippen LogP contribution in [0.1, 0.15) is 37.8 Å². The van der Waals surface area contributed by atoms with Crippen LogP contribution >= 0.6 is 11.8 Å². The summed E-state index contributed by atoms with van der Waals surface area (Å²) in [5.74, 6) is 0.443. The Labute approximate surface area is 152 Å². The highest BCUT2D eigenvalue weighted by atomic mass is 32.2. The Morgan fingerprint density at radius 2 is 2.08 bits per heavy atom. The topological polar surface area (TPSA) is 68.0 Å². The number of thioether (sulfide) groups is 1. The first-order valence-corrected chi connectivity index (χ1v) is 9.33. The lowest BCUT2D eigenvalue weighted by molar-refractivity contribution is -0.141. The number of carbonyl (C=O) groups is 1. The van der Waals surface area contributed by atoms with Crippen molar-refractivity contribution in [1.82, 2.24) is 15.3 Å². The Kier molecular flexibility index (Phi) is 5.85. The number of halogens is 3. The van der Waals surface area contributed by atoms with Crippen molar-refractivity contribution in [1.29, 1.82) is 0 Å². The normalized spacial score (nSPS) is 15.3. The van der Waals surface area contributed by atoms with Crippen molar-refractivity contribution in [2.75, 3.05) is 5.75 Å². The Morgan fingerprint density at radius 3 is 2.73 bits per heavy atom. The summed E-state index contributed by atoms with van der Waals surface area (Å²) in [6.45, 7) is 0. The molecular formula is C17H18F3N3O2S. The van der Waals surface area contributed by atoms with Gasteiger partial charge in [-0.05, 0) is 31.0 Å². The molecule has 26 heavy (non-hydrogen) atoms. The molecule has 1 amide bonds. The van der Waals surface area contributed by atoms with E-state index in [4.69, 9.17) is 4.42 Å². The Morgan fingerprint density at radius 1 is 1.31 bits per heavy atom. The first-order chi connectivity index (χ1) is 12.4. The van der Waals surface area contributed by atoms with Crippen molar-refractivity contribution in [3.8, 4) is 11.5 Å². The van der Waals surface area contributed by atoms with Gasteiger partial charge in [-0.2, -0.15) is 13.2 Å². The van der Waals surface area contributed by atoms with Gasteiger partial charge in [0.25, 0.3) is 0 Å². The molecule has 5 nitrogen and oxygen atoms in total. The molecule has 0 aromatic carbocycles. The van der Waals surface area contributed by atoms with Crippen LogP contribution < -0.4 is 5.32 Å². The molecule has 0 radical (unpaired) electrons. The van der Waals surface area contributed by atoms with E-state index in [-0.39, 0.29) is 35.0 Å². The summed E-state index contributed by atoms with van der Waals surface area (Å²) in [6, 6.07) is 4.19. The summed E-state index contributed by atoms with van der Waals surface area (Å²) < 4.78 is 44.3. The van der Waals surface area contributed by atoms with Crippen molar-refractivity contribution in [3.63, 3.8) is 0 Å². The van der Waals surface area contributed by atoms with Crippen molar-refractivity contribution in [2.45, 2.75) is 49.5 Å². The average molecular weight is 385 g/mol. The average Bonchev–Trinajstić information content (AvgIpc) is 3.27. The minimum atomic E-state index is -4.58. The molecule has 0 atom stereocenters. The molecule has 2 heterocycles. The second kappa shape index (κ2) is 8.11. The summed E-state index contributed by atoms with van der Waals surface area (Å²) in [6.07, 6.45) is 1.20. The Balaban J connectivity index is 1.64. The van der Waals surface area contributed by atoms with Crippen molar-refractivity contribution in [3.05, 3.63) is 30.2 Å². The van der Waals surface area contributed by atoms with E-state index in [1.54, 1.807) is 6.07 Å². The molecule has 2 aromatic heterocycles. The van der Waals surface area contributed by atoms with Crippen LogP contribution in [0.3, 0.4) is 0 Å². The number of aromatic nitrogens is 2. The number of furan rings is 1. The van der Waals surface area contributed by atoms with E-state index in [0.29, 0.717) is 5.75 Å². The van der Waals surface area contributed by atoms with Gasteiger partial charge in [0.1, 0.15) is 11.4 Å². The molecular weight excluding hydrogens is 367 g/mol. The summed E-state index contributed by atoms with van der Waals surface area (Å²) in [4.78, 5) is 19.6. The van der Waals surface area contributed by atoms with Crippen LogP contribution in [-0.2, 0) is 11.0 Å². The summed E-state index contributed by atoms with van der Waals surface area (Å²) >= 11 is 1.02. The van der Waals surface area contributed by atoms with Gasteiger partial charge in [-0.3, -0.25) is 4.79 Å². The van der Waals surface area contributed by atoms with Gasteiger partial charge in [-0.15, -0.1) is 0 Å². The minimum Gasteiger partial charge on any atom is -0.463 e. The Bertz CT molecular complexity index is 744. The fourth-order valence-electron chi connectivity index (χ4n) is 2.79. The first-order valence-electron chi connectivity index (χ1n) is 8.34. The largest absolute Gasteiger partial charge is 0.463 e. The summed E-state index contributed by atoms with van der Waals surface area (Å²) in [5.41, 5.74) is -0.966. The highest BCUT2D eigenvalue weighted by Crippen LogP contribution is 2.32. The van der Waals surface area contributed by atoms with Gasteiger partial charge in [-0.25, -0.2) is 9.97 Å². The third-order valence-electron chi connectivity index (χ3n) is 4.05. The summed E-state index contributed by atoms with van der Waals surface area (Å²) in [5, 5.41) is 2.92. The summed E-state index contributed by atoms with van der Waals surface area (Å²) in [7, 11) is 0. The van der Waals surface area contributed by atoms with Gasteiger partial charge in [0.2, 0.25) is 5.91 Å². The van der Waals surface area contributed by atoms with E-state index < -0.39 is 11.9 Å². The van der Waals surface area contributed by atoms with Gasteiger partial charge in [0.15, 0.2) is 10.9 Å². The maximum atomic E-state index is 13.1. The van der Waals surface area contributed by atoms with Crippen LogP contribution in [0.15, 0.2) is 34.0 Å². The fourth-order valence-corrected chi connectivity index (χ4v) is 3.59. The molecule has 0 saturated heterocycles. The van der Waals surface area contributed by atoms with E-state index in [1.165, 1.54) is 12.3 Å². The van der Waals surface area contributed by atoms with Gasteiger partial charge in [0, 0.05) is 18.2 Å². The third-order valence-corrected chi connectivity index (χ3v) is 4.90. The first kappa shape index (κ1) is 18.8. The molecule has 1 N–H and O–H groups in total. The monoisotopic (exact) mass is 385 g/mol. The number of hydrogen-bond acceptors (Lipinski definition) is 5. The van der Waals surface area contributed by atoms with Crippen LogP contribution in [0.4, 0.5) is 13.2 Å². The number of hydrogen-bond donors (Lipinski definition) is 1. The SMILES string of the molecule is O=C(CCSc1nc(-c2ccco2)cc(C(F)(F)F)n1)NC1CCCC1. The van der Waals surface area contributed by atoms with Crippen LogP contribution in [0.25, 0.3) is 11.5 Å². The molecule has 0 aliphatic heterocycles. The quantitative estimate of drug-likeness (QED) is 0.593. The highest BCUT2D eigenvalue weighted by molar-refractivity contribution is 7.99. The lowest BCUT2D eigenvalue weighted by atomic mass is 10.2. The van der Waals surface area contributed by atoms with Crippen LogP contribution in [0, 0.1) is 0 Å². The highest BCUT2D eigenvalue weighted by Gasteiger charge is 2.34. The van der Waals surface area contributed by atoms with Gasteiger partial charge < -0.3 is 9.73 Å². The molecule has 1 saturated carbocycles. The lowest BCUT2D eigenvalue weighted by Crippen LogP contribution is -2.32. The zero-order chi connectivity index (χ0) is 18.6. The molecule has 1 fully saturated rings. The second-order valence-corrected chi connectivity index (χ2v) is 7.11. The smallest absolute Gasteiger partial charge is 0.433 e. The second-order valence-electron chi connectivity index (χ2n) is 6.04.